The number of likely N-dealkylation sites (tertiary alicyclic amines) is 1. The first kappa shape index (κ1) is 22.2. The number of sulfonamides is 1. The Bertz CT molecular complexity index is 1040. The first-order chi connectivity index (χ1) is 14.6. The lowest BCUT2D eigenvalue weighted by Crippen LogP contribution is -2.46. The molecule has 1 saturated carbocycles. The zero-order valence-electron chi connectivity index (χ0n) is 18.3. The van der Waals surface area contributed by atoms with Gasteiger partial charge in [0.1, 0.15) is 11.5 Å². The Kier molecular flexibility index (Phi) is 6.11. The van der Waals surface area contributed by atoms with Crippen LogP contribution in [0.15, 0.2) is 18.2 Å². The molecule has 1 aromatic carbocycles. The van der Waals surface area contributed by atoms with Gasteiger partial charge in [-0.1, -0.05) is 6.07 Å². The SMILES string of the molecule is Cc1ccc(F)c2cc(C(=O)N[C@@H]3CCC[C@H](N4CCC(N(C)S(C)(=O)=O)C4)C3)[nH]c12. The Hall–Kier alpha value is -1.97. The van der Waals surface area contributed by atoms with Gasteiger partial charge < -0.3 is 10.3 Å². The molecule has 2 aliphatic rings. The van der Waals surface area contributed by atoms with Crippen LogP contribution in [-0.4, -0.2) is 73.0 Å². The van der Waals surface area contributed by atoms with Crippen LogP contribution in [0.4, 0.5) is 4.39 Å². The summed E-state index contributed by atoms with van der Waals surface area (Å²) in [5.41, 5.74) is 1.93. The number of carbonyl (C=O) groups is 1. The number of nitrogens with zero attached hydrogens (tertiary/aromatic N) is 2. The number of aryl methyl sites for hydroxylation is 1. The molecule has 2 N–H and O–H groups in total. The third-order valence-electron chi connectivity index (χ3n) is 6.92. The molecule has 31 heavy (non-hydrogen) atoms. The summed E-state index contributed by atoms with van der Waals surface area (Å²) in [6.45, 7) is 3.49. The van der Waals surface area contributed by atoms with Gasteiger partial charge in [0.05, 0.1) is 11.8 Å². The molecule has 1 saturated heterocycles. The van der Waals surface area contributed by atoms with E-state index in [1.165, 1.54) is 16.6 Å². The minimum absolute atomic E-state index is 0.00875. The molecule has 1 aromatic heterocycles. The predicted octanol–water partition coefficient (Wildman–Crippen LogP) is 2.62. The van der Waals surface area contributed by atoms with Crippen LogP contribution in [0.25, 0.3) is 10.9 Å². The van der Waals surface area contributed by atoms with Crippen molar-refractivity contribution in [2.75, 3.05) is 26.4 Å². The van der Waals surface area contributed by atoms with E-state index in [2.05, 4.69) is 15.2 Å². The summed E-state index contributed by atoms with van der Waals surface area (Å²) in [5.74, 6) is -0.548. The van der Waals surface area contributed by atoms with Gasteiger partial charge in [0.25, 0.3) is 5.91 Å². The zero-order chi connectivity index (χ0) is 22.3. The molecule has 1 aliphatic carbocycles. The molecule has 1 aliphatic heterocycles. The highest BCUT2D eigenvalue weighted by Gasteiger charge is 2.35. The molecular weight excluding hydrogens is 419 g/mol. The fourth-order valence-corrected chi connectivity index (χ4v) is 5.72. The van der Waals surface area contributed by atoms with Crippen molar-refractivity contribution in [2.45, 2.75) is 57.2 Å². The molecule has 0 radical (unpaired) electrons. The highest BCUT2D eigenvalue weighted by atomic mass is 32.2. The van der Waals surface area contributed by atoms with Gasteiger partial charge in [-0.2, -0.15) is 0 Å². The number of hydrogen-bond acceptors (Lipinski definition) is 4. The Balaban J connectivity index is 1.39. The average molecular weight is 451 g/mol. The summed E-state index contributed by atoms with van der Waals surface area (Å²) in [4.78, 5) is 18.3. The number of fused-ring (bicyclic) bond motifs is 1. The maximum atomic E-state index is 14.1. The van der Waals surface area contributed by atoms with Crippen LogP contribution in [0.3, 0.4) is 0 Å². The third-order valence-corrected chi connectivity index (χ3v) is 8.27. The van der Waals surface area contributed by atoms with Gasteiger partial charge in [-0.05, 0) is 56.7 Å². The number of nitrogens with one attached hydrogen (secondary N) is 2. The molecule has 0 spiro atoms. The number of rotatable bonds is 5. The van der Waals surface area contributed by atoms with Crippen molar-refractivity contribution in [1.82, 2.24) is 19.5 Å². The molecule has 170 valence electrons. The Labute approximate surface area is 183 Å². The summed E-state index contributed by atoms with van der Waals surface area (Å²) in [6, 6.07) is 5.10. The molecule has 2 fully saturated rings. The van der Waals surface area contributed by atoms with Crippen LogP contribution in [-0.2, 0) is 10.0 Å². The number of amides is 1. The zero-order valence-corrected chi connectivity index (χ0v) is 19.1. The molecule has 1 unspecified atom stereocenters. The van der Waals surface area contributed by atoms with Gasteiger partial charge >= 0.3 is 0 Å². The van der Waals surface area contributed by atoms with E-state index >= 15 is 0 Å². The monoisotopic (exact) mass is 450 g/mol. The molecule has 2 heterocycles. The second-order valence-corrected chi connectivity index (χ2v) is 11.1. The Morgan fingerprint density at radius 3 is 2.77 bits per heavy atom. The van der Waals surface area contributed by atoms with Crippen molar-refractivity contribution in [3.63, 3.8) is 0 Å². The molecular formula is C22H31FN4O3S. The number of halogens is 1. The summed E-state index contributed by atoms with van der Waals surface area (Å²) >= 11 is 0. The Morgan fingerprint density at radius 2 is 2.06 bits per heavy atom. The third kappa shape index (κ3) is 4.63. The van der Waals surface area contributed by atoms with E-state index in [1.54, 1.807) is 19.2 Å². The quantitative estimate of drug-likeness (QED) is 0.733. The predicted molar refractivity (Wildman–Crippen MR) is 119 cm³/mol. The first-order valence-corrected chi connectivity index (χ1v) is 12.7. The lowest BCUT2D eigenvalue weighted by atomic mass is 9.90. The van der Waals surface area contributed by atoms with Crippen LogP contribution in [0.2, 0.25) is 0 Å². The topological polar surface area (TPSA) is 85.5 Å². The molecule has 3 atom stereocenters. The highest BCUT2D eigenvalue weighted by Crippen LogP contribution is 2.28. The van der Waals surface area contributed by atoms with Crippen LogP contribution < -0.4 is 5.32 Å². The van der Waals surface area contributed by atoms with Gasteiger partial charge in [-0.3, -0.25) is 9.69 Å². The smallest absolute Gasteiger partial charge is 0.267 e. The number of carbonyl (C=O) groups excluding carboxylic acids is 1. The van der Waals surface area contributed by atoms with Gasteiger partial charge in [0, 0.05) is 43.6 Å². The number of benzene rings is 1. The van der Waals surface area contributed by atoms with E-state index in [4.69, 9.17) is 0 Å². The highest BCUT2D eigenvalue weighted by molar-refractivity contribution is 7.88. The standard InChI is InChI=1S/C22H31FN4O3S/c1-14-7-8-19(23)18-12-20(25-21(14)18)22(28)24-15-5-4-6-16(11-15)27-10-9-17(13-27)26(2)31(3,29)30/h7-8,12,15-17,25H,4-6,9-11,13H2,1-3H3,(H,24,28)/t15-,16+,17?/m1/s1. The van der Waals surface area contributed by atoms with Crippen LogP contribution >= 0.6 is 0 Å². The molecule has 2 aromatic rings. The molecule has 1 amide bonds. The molecule has 9 heteroatoms. The van der Waals surface area contributed by atoms with E-state index in [0.29, 0.717) is 22.6 Å². The fraction of sp³-hybridized carbons (Fsp3) is 0.591. The maximum Gasteiger partial charge on any atom is 0.267 e. The normalized spacial score (nSPS) is 25.4. The number of hydrogen-bond donors (Lipinski definition) is 2. The van der Waals surface area contributed by atoms with Crippen molar-refractivity contribution < 1.29 is 17.6 Å². The van der Waals surface area contributed by atoms with Crippen LogP contribution in [0.5, 0.6) is 0 Å². The van der Waals surface area contributed by atoms with E-state index in [0.717, 1.165) is 50.8 Å². The minimum Gasteiger partial charge on any atom is -0.350 e. The van der Waals surface area contributed by atoms with Gasteiger partial charge in [0.15, 0.2) is 0 Å². The fourth-order valence-electron chi connectivity index (χ4n) is 5.00. The van der Waals surface area contributed by atoms with Crippen molar-refractivity contribution in [3.8, 4) is 0 Å². The van der Waals surface area contributed by atoms with Crippen molar-refractivity contribution in [2.24, 2.45) is 0 Å². The number of H-pyrrole nitrogens is 1. The lowest BCUT2D eigenvalue weighted by molar-refractivity contribution is 0.0898. The second kappa shape index (κ2) is 8.52. The van der Waals surface area contributed by atoms with Crippen LogP contribution in [0.1, 0.15) is 48.2 Å². The Morgan fingerprint density at radius 1 is 1.29 bits per heavy atom. The van der Waals surface area contributed by atoms with Crippen LogP contribution in [0, 0.1) is 12.7 Å². The first-order valence-electron chi connectivity index (χ1n) is 10.9. The molecule has 4 rings (SSSR count). The van der Waals surface area contributed by atoms with Gasteiger partial charge in [-0.25, -0.2) is 17.1 Å². The number of aromatic amines is 1. The number of likely N-dealkylation sites (N-methyl/N-ethyl adjacent to an activating group) is 1. The average Bonchev–Trinajstić information content (AvgIpc) is 3.38. The summed E-state index contributed by atoms with van der Waals surface area (Å²) in [6.07, 6.45) is 5.90. The van der Waals surface area contributed by atoms with Gasteiger partial charge in [0.2, 0.25) is 10.0 Å². The minimum atomic E-state index is -3.20. The van der Waals surface area contributed by atoms with E-state index in [-0.39, 0.29) is 23.8 Å². The second-order valence-electron chi connectivity index (χ2n) is 9.04. The van der Waals surface area contributed by atoms with E-state index < -0.39 is 10.0 Å². The summed E-state index contributed by atoms with van der Waals surface area (Å²) < 4.78 is 39.3. The lowest BCUT2D eigenvalue weighted by Gasteiger charge is -2.36. The van der Waals surface area contributed by atoms with E-state index in [1.807, 2.05) is 6.92 Å². The molecule has 0 bridgehead atoms. The van der Waals surface area contributed by atoms with Crippen molar-refractivity contribution >= 4 is 26.8 Å². The van der Waals surface area contributed by atoms with Gasteiger partial charge in [-0.15, -0.1) is 0 Å². The summed E-state index contributed by atoms with van der Waals surface area (Å²) in [7, 11) is -1.54. The van der Waals surface area contributed by atoms with Crippen molar-refractivity contribution in [3.05, 3.63) is 35.3 Å². The van der Waals surface area contributed by atoms with Crippen molar-refractivity contribution in [1.29, 1.82) is 0 Å². The summed E-state index contributed by atoms with van der Waals surface area (Å²) in [5, 5.41) is 3.56. The molecule has 7 nitrogen and oxygen atoms in total. The maximum absolute atomic E-state index is 14.1. The number of aromatic nitrogens is 1. The largest absolute Gasteiger partial charge is 0.350 e. The van der Waals surface area contributed by atoms with E-state index in [9.17, 15) is 17.6 Å².